The van der Waals surface area contributed by atoms with Crippen LogP contribution in [-0.4, -0.2) is 27.6 Å². The van der Waals surface area contributed by atoms with Crippen LogP contribution in [0.2, 0.25) is 0 Å². The van der Waals surface area contributed by atoms with Crippen LogP contribution in [0.3, 0.4) is 0 Å². The van der Waals surface area contributed by atoms with Crippen molar-refractivity contribution < 1.29 is 9.59 Å². The summed E-state index contributed by atoms with van der Waals surface area (Å²) in [7, 11) is 0. The van der Waals surface area contributed by atoms with Gasteiger partial charge in [-0.3, -0.25) is 9.59 Å². The molecule has 1 atom stereocenters. The standard InChI is InChI=1S/C19H24N4O2/c20-18(24)13-17(14-7-3-1-4-8-14)21-19(25)16-11-12-23(22-16)15-9-5-2-6-10-15/h2,5-6,9-12,14,17H,1,3-4,7-8,13H2,(H2,20,24)(H,21,25). The molecule has 3 N–H and O–H groups in total. The number of benzene rings is 1. The maximum absolute atomic E-state index is 12.6. The molecule has 1 aliphatic carbocycles. The van der Waals surface area contributed by atoms with E-state index in [9.17, 15) is 9.59 Å². The van der Waals surface area contributed by atoms with Gasteiger partial charge in [-0.25, -0.2) is 4.68 Å². The third-order valence-corrected chi connectivity index (χ3v) is 4.80. The molecular formula is C19H24N4O2. The van der Waals surface area contributed by atoms with Crippen molar-refractivity contribution in [2.24, 2.45) is 11.7 Å². The van der Waals surface area contributed by atoms with E-state index >= 15 is 0 Å². The summed E-state index contributed by atoms with van der Waals surface area (Å²) in [5, 5.41) is 7.33. The van der Waals surface area contributed by atoms with Gasteiger partial charge in [0.05, 0.1) is 5.69 Å². The van der Waals surface area contributed by atoms with Gasteiger partial charge in [0.25, 0.3) is 5.91 Å². The van der Waals surface area contributed by atoms with Crippen LogP contribution < -0.4 is 11.1 Å². The summed E-state index contributed by atoms with van der Waals surface area (Å²) in [6, 6.07) is 11.1. The zero-order chi connectivity index (χ0) is 17.6. The van der Waals surface area contributed by atoms with Crippen LogP contribution >= 0.6 is 0 Å². The minimum absolute atomic E-state index is 0.176. The minimum atomic E-state index is -0.384. The highest BCUT2D eigenvalue weighted by Gasteiger charge is 2.27. The Kier molecular flexibility index (Phi) is 5.48. The van der Waals surface area contributed by atoms with E-state index in [0.29, 0.717) is 11.6 Å². The van der Waals surface area contributed by atoms with Crippen molar-refractivity contribution >= 4 is 11.8 Å². The number of nitrogens with two attached hydrogens (primary N) is 1. The van der Waals surface area contributed by atoms with Gasteiger partial charge in [-0.1, -0.05) is 37.5 Å². The maximum Gasteiger partial charge on any atom is 0.272 e. The fourth-order valence-corrected chi connectivity index (χ4v) is 3.50. The predicted octanol–water partition coefficient (Wildman–Crippen LogP) is 2.43. The summed E-state index contributed by atoms with van der Waals surface area (Å²) >= 11 is 0. The Morgan fingerprint density at radius 3 is 2.56 bits per heavy atom. The molecule has 1 saturated carbocycles. The Morgan fingerprint density at radius 2 is 1.88 bits per heavy atom. The summed E-state index contributed by atoms with van der Waals surface area (Å²) in [4.78, 5) is 24.0. The minimum Gasteiger partial charge on any atom is -0.370 e. The molecule has 2 aromatic rings. The maximum atomic E-state index is 12.6. The third kappa shape index (κ3) is 4.47. The zero-order valence-electron chi connectivity index (χ0n) is 14.2. The lowest BCUT2D eigenvalue weighted by atomic mass is 9.82. The monoisotopic (exact) mass is 340 g/mol. The molecule has 2 amide bonds. The predicted molar refractivity (Wildman–Crippen MR) is 95.2 cm³/mol. The second kappa shape index (κ2) is 7.96. The van der Waals surface area contributed by atoms with Gasteiger partial charge in [0.15, 0.2) is 5.69 Å². The first-order valence-corrected chi connectivity index (χ1v) is 8.84. The summed E-state index contributed by atoms with van der Waals surface area (Å²) in [5.41, 5.74) is 6.62. The number of nitrogens with zero attached hydrogens (tertiary/aromatic N) is 2. The van der Waals surface area contributed by atoms with Crippen LogP contribution in [0.25, 0.3) is 5.69 Å². The number of primary amides is 1. The topological polar surface area (TPSA) is 90.0 Å². The van der Waals surface area contributed by atoms with E-state index in [1.54, 1.807) is 16.9 Å². The Labute approximate surface area is 147 Å². The first-order valence-electron chi connectivity index (χ1n) is 8.84. The SMILES string of the molecule is NC(=O)CC(NC(=O)c1ccn(-c2ccccc2)n1)C1CCCCC1. The average molecular weight is 340 g/mol. The highest BCUT2D eigenvalue weighted by Crippen LogP contribution is 2.28. The highest BCUT2D eigenvalue weighted by molar-refractivity contribution is 5.92. The van der Waals surface area contributed by atoms with Crippen LogP contribution in [0.1, 0.15) is 49.0 Å². The quantitative estimate of drug-likeness (QED) is 0.846. The third-order valence-electron chi connectivity index (χ3n) is 4.80. The summed E-state index contributed by atoms with van der Waals surface area (Å²) in [6.07, 6.45) is 7.48. The molecule has 6 heteroatoms. The number of nitrogens with one attached hydrogen (secondary N) is 1. The Balaban J connectivity index is 1.70. The van der Waals surface area contributed by atoms with E-state index in [-0.39, 0.29) is 24.3 Å². The normalized spacial score (nSPS) is 16.3. The van der Waals surface area contributed by atoms with Gasteiger partial charge in [-0.05, 0) is 37.0 Å². The molecule has 1 fully saturated rings. The lowest BCUT2D eigenvalue weighted by Gasteiger charge is -2.30. The van der Waals surface area contributed by atoms with Crippen molar-refractivity contribution in [3.05, 3.63) is 48.3 Å². The Morgan fingerprint density at radius 1 is 1.16 bits per heavy atom. The van der Waals surface area contributed by atoms with Gasteiger partial charge < -0.3 is 11.1 Å². The molecule has 0 saturated heterocycles. The van der Waals surface area contributed by atoms with Gasteiger partial charge >= 0.3 is 0 Å². The smallest absolute Gasteiger partial charge is 0.272 e. The van der Waals surface area contributed by atoms with E-state index < -0.39 is 0 Å². The fraction of sp³-hybridized carbons (Fsp3) is 0.421. The fourth-order valence-electron chi connectivity index (χ4n) is 3.50. The molecule has 1 aromatic heterocycles. The Bertz CT molecular complexity index is 720. The van der Waals surface area contributed by atoms with Crippen LogP contribution in [0.5, 0.6) is 0 Å². The molecule has 1 heterocycles. The van der Waals surface area contributed by atoms with Crippen LogP contribution in [0.15, 0.2) is 42.6 Å². The number of para-hydroxylation sites is 1. The Hall–Kier alpha value is -2.63. The molecule has 1 aliphatic rings. The van der Waals surface area contributed by atoms with Crippen molar-refractivity contribution in [1.29, 1.82) is 0 Å². The van der Waals surface area contributed by atoms with Gasteiger partial charge in [-0.15, -0.1) is 0 Å². The van der Waals surface area contributed by atoms with E-state index in [0.717, 1.165) is 31.4 Å². The van der Waals surface area contributed by atoms with Gasteiger partial charge in [-0.2, -0.15) is 5.10 Å². The highest BCUT2D eigenvalue weighted by atomic mass is 16.2. The molecule has 0 spiro atoms. The molecular weight excluding hydrogens is 316 g/mol. The number of carbonyl (C=O) groups is 2. The van der Waals surface area contributed by atoms with Gasteiger partial charge in [0.1, 0.15) is 0 Å². The molecule has 0 aliphatic heterocycles. The average Bonchev–Trinajstić information content (AvgIpc) is 3.12. The summed E-state index contributed by atoms with van der Waals surface area (Å²) in [5.74, 6) is -0.335. The van der Waals surface area contributed by atoms with E-state index in [1.165, 1.54) is 6.42 Å². The van der Waals surface area contributed by atoms with Crippen LogP contribution in [-0.2, 0) is 4.79 Å². The molecule has 1 aromatic carbocycles. The van der Waals surface area contributed by atoms with Crippen molar-refractivity contribution in [1.82, 2.24) is 15.1 Å². The molecule has 6 nitrogen and oxygen atoms in total. The van der Waals surface area contributed by atoms with E-state index in [1.807, 2.05) is 30.3 Å². The number of rotatable bonds is 6. The zero-order valence-corrected chi connectivity index (χ0v) is 14.2. The number of amides is 2. The molecule has 3 rings (SSSR count). The number of aromatic nitrogens is 2. The molecule has 0 bridgehead atoms. The van der Waals surface area contributed by atoms with Crippen molar-refractivity contribution in [2.75, 3.05) is 0 Å². The molecule has 25 heavy (non-hydrogen) atoms. The summed E-state index contributed by atoms with van der Waals surface area (Å²) in [6.45, 7) is 0. The van der Waals surface area contributed by atoms with E-state index in [2.05, 4.69) is 10.4 Å². The van der Waals surface area contributed by atoms with Crippen LogP contribution in [0.4, 0.5) is 0 Å². The molecule has 1 unspecified atom stereocenters. The second-order valence-corrected chi connectivity index (χ2v) is 6.63. The number of hydrogen-bond donors (Lipinski definition) is 2. The van der Waals surface area contributed by atoms with E-state index in [4.69, 9.17) is 5.73 Å². The molecule has 0 radical (unpaired) electrons. The van der Waals surface area contributed by atoms with Crippen molar-refractivity contribution in [3.8, 4) is 5.69 Å². The largest absolute Gasteiger partial charge is 0.370 e. The first-order chi connectivity index (χ1) is 12.1. The van der Waals surface area contributed by atoms with Crippen LogP contribution in [0, 0.1) is 5.92 Å². The van der Waals surface area contributed by atoms with Crippen molar-refractivity contribution in [3.63, 3.8) is 0 Å². The summed E-state index contributed by atoms with van der Waals surface area (Å²) < 4.78 is 1.67. The lowest BCUT2D eigenvalue weighted by molar-refractivity contribution is -0.118. The second-order valence-electron chi connectivity index (χ2n) is 6.63. The van der Waals surface area contributed by atoms with Gasteiger partial charge in [0, 0.05) is 18.7 Å². The lowest BCUT2D eigenvalue weighted by Crippen LogP contribution is -2.43. The molecule has 132 valence electrons. The number of carbonyl (C=O) groups excluding carboxylic acids is 2. The first kappa shape index (κ1) is 17.2. The van der Waals surface area contributed by atoms with Gasteiger partial charge in [0.2, 0.25) is 5.91 Å². The van der Waals surface area contributed by atoms with Crippen molar-refractivity contribution in [2.45, 2.75) is 44.6 Å². The number of hydrogen-bond acceptors (Lipinski definition) is 3.